The number of aryl methyl sites for hydroxylation is 1. The second kappa shape index (κ2) is 3.99. The fourth-order valence-corrected chi connectivity index (χ4v) is 1.88. The molecular formula is C11H9BrN4. The maximum Gasteiger partial charge on any atom is 0.145 e. The topological polar surface area (TPSA) is 67.6 Å². The van der Waals surface area contributed by atoms with Gasteiger partial charge in [-0.05, 0) is 25.1 Å². The van der Waals surface area contributed by atoms with E-state index < -0.39 is 0 Å². The smallest absolute Gasteiger partial charge is 0.145 e. The normalized spacial score (nSPS) is 10.1. The Bertz CT molecular complexity index is 580. The predicted molar refractivity (Wildman–Crippen MR) is 65.1 cm³/mol. The van der Waals surface area contributed by atoms with E-state index in [9.17, 15) is 0 Å². The van der Waals surface area contributed by atoms with E-state index in [2.05, 4.69) is 21.0 Å². The third-order valence-corrected chi connectivity index (χ3v) is 2.75. The average molecular weight is 277 g/mol. The number of hydrogen-bond acceptors (Lipinski definition) is 3. The summed E-state index contributed by atoms with van der Waals surface area (Å²) in [5.41, 5.74) is 7.76. The largest absolute Gasteiger partial charge is 0.382 e. The number of nitrogens with zero attached hydrogens (tertiary/aromatic N) is 3. The summed E-state index contributed by atoms with van der Waals surface area (Å²) < 4.78 is 2.51. The molecule has 0 bridgehead atoms. The Labute approximate surface area is 101 Å². The molecule has 0 atom stereocenters. The van der Waals surface area contributed by atoms with Gasteiger partial charge in [0.2, 0.25) is 0 Å². The van der Waals surface area contributed by atoms with E-state index in [0.717, 1.165) is 10.2 Å². The van der Waals surface area contributed by atoms with E-state index in [1.807, 2.05) is 30.3 Å². The van der Waals surface area contributed by atoms with Gasteiger partial charge in [-0.25, -0.2) is 4.68 Å². The lowest BCUT2D eigenvalue weighted by atomic mass is 10.2. The van der Waals surface area contributed by atoms with Crippen molar-refractivity contribution >= 4 is 21.7 Å². The first-order chi connectivity index (χ1) is 7.63. The van der Waals surface area contributed by atoms with Crippen molar-refractivity contribution in [1.82, 2.24) is 9.78 Å². The monoisotopic (exact) mass is 276 g/mol. The number of benzene rings is 1. The number of anilines is 1. The molecule has 1 aromatic carbocycles. The van der Waals surface area contributed by atoms with Gasteiger partial charge >= 0.3 is 0 Å². The Morgan fingerprint density at radius 1 is 1.50 bits per heavy atom. The molecule has 0 aliphatic rings. The molecule has 0 saturated carbocycles. The molecule has 4 nitrogen and oxygen atoms in total. The first-order valence-electron chi connectivity index (χ1n) is 4.64. The summed E-state index contributed by atoms with van der Waals surface area (Å²) in [5.74, 6) is 0.373. The Balaban J connectivity index is 2.62. The molecule has 0 spiro atoms. The Kier molecular flexibility index (Phi) is 2.67. The van der Waals surface area contributed by atoms with Crippen molar-refractivity contribution in [2.24, 2.45) is 0 Å². The van der Waals surface area contributed by atoms with Gasteiger partial charge in [-0.2, -0.15) is 10.4 Å². The summed E-state index contributed by atoms with van der Waals surface area (Å²) in [4.78, 5) is 0. The van der Waals surface area contributed by atoms with E-state index in [1.54, 1.807) is 11.6 Å². The number of nitriles is 1. The van der Waals surface area contributed by atoms with Gasteiger partial charge in [0.1, 0.15) is 17.5 Å². The van der Waals surface area contributed by atoms with Crippen LogP contribution in [0.15, 0.2) is 28.7 Å². The minimum atomic E-state index is 0.373. The molecule has 0 aliphatic carbocycles. The average Bonchev–Trinajstić information content (AvgIpc) is 2.54. The van der Waals surface area contributed by atoms with Crippen LogP contribution >= 0.6 is 15.9 Å². The van der Waals surface area contributed by atoms with Crippen LogP contribution in [-0.4, -0.2) is 9.78 Å². The van der Waals surface area contributed by atoms with E-state index >= 15 is 0 Å². The van der Waals surface area contributed by atoms with Gasteiger partial charge in [-0.3, -0.25) is 0 Å². The predicted octanol–water partition coefficient (Wildman–Crippen LogP) is 2.40. The standard InChI is InChI=1S/C11H9BrN4/c1-7-10(6-13)11(14)16(15-7)9-4-2-3-8(12)5-9/h2-5H,14H2,1H3. The molecule has 2 aromatic rings. The van der Waals surface area contributed by atoms with Crippen LogP contribution in [-0.2, 0) is 0 Å². The van der Waals surface area contributed by atoms with Gasteiger partial charge in [0.15, 0.2) is 0 Å². The molecular weight excluding hydrogens is 268 g/mol. The quantitative estimate of drug-likeness (QED) is 0.870. The Morgan fingerprint density at radius 2 is 2.25 bits per heavy atom. The van der Waals surface area contributed by atoms with Crippen LogP contribution in [0.25, 0.3) is 5.69 Å². The summed E-state index contributed by atoms with van der Waals surface area (Å²) in [5, 5.41) is 13.2. The van der Waals surface area contributed by atoms with E-state index in [-0.39, 0.29) is 0 Å². The minimum absolute atomic E-state index is 0.373. The number of rotatable bonds is 1. The molecule has 0 radical (unpaired) electrons. The zero-order valence-corrected chi connectivity index (χ0v) is 10.2. The van der Waals surface area contributed by atoms with Gasteiger partial charge in [-0.15, -0.1) is 0 Å². The van der Waals surface area contributed by atoms with Crippen LogP contribution in [0.1, 0.15) is 11.3 Å². The number of halogens is 1. The Morgan fingerprint density at radius 3 is 2.81 bits per heavy atom. The van der Waals surface area contributed by atoms with Crippen LogP contribution in [0, 0.1) is 18.3 Å². The maximum absolute atomic E-state index is 8.92. The highest BCUT2D eigenvalue weighted by Crippen LogP contribution is 2.21. The summed E-state index contributed by atoms with van der Waals surface area (Å²) >= 11 is 3.38. The number of aromatic nitrogens is 2. The lowest BCUT2D eigenvalue weighted by molar-refractivity contribution is 0.871. The van der Waals surface area contributed by atoms with Gasteiger partial charge < -0.3 is 5.73 Å². The second-order valence-corrected chi connectivity index (χ2v) is 4.26. The van der Waals surface area contributed by atoms with E-state index in [4.69, 9.17) is 11.0 Å². The van der Waals surface area contributed by atoms with Crippen molar-refractivity contribution in [1.29, 1.82) is 5.26 Å². The van der Waals surface area contributed by atoms with Crippen LogP contribution < -0.4 is 5.73 Å². The van der Waals surface area contributed by atoms with Crippen molar-refractivity contribution in [2.75, 3.05) is 5.73 Å². The number of nitrogens with two attached hydrogens (primary N) is 1. The zero-order valence-electron chi connectivity index (χ0n) is 8.61. The van der Waals surface area contributed by atoms with Crippen LogP contribution in [0.3, 0.4) is 0 Å². The van der Waals surface area contributed by atoms with E-state index in [0.29, 0.717) is 17.1 Å². The Hall–Kier alpha value is -1.80. The SMILES string of the molecule is Cc1nn(-c2cccc(Br)c2)c(N)c1C#N. The van der Waals surface area contributed by atoms with Crippen molar-refractivity contribution in [3.8, 4) is 11.8 Å². The minimum Gasteiger partial charge on any atom is -0.382 e. The highest BCUT2D eigenvalue weighted by Gasteiger charge is 2.12. The lowest BCUT2D eigenvalue weighted by Crippen LogP contribution is -2.02. The molecule has 0 aliphatic heterocycles. The number of hydrogen-bond donors (Lipinski definition) is 1. The molecule has 1 heterocycles. The van der Waals surface area contributed by atoms with Crippen LogP contribution in [0.2, 0.25) is 0 Å². The molecule has 1 aromatic heterocycles. The molecule has 5 heteroatoms. The number of nitrogen functional groups attached to an aromatic ring is 1. The summed E-state index contributed by atoms with van der Waals surface area (Å²) in [7, 11) is 0. The van der Waals surface area contributed by atoms with Crippen molar-refractivity contribution in [3.63, 3.8) is 0 Å². The molecule has 0 unspecified atom stereocenters. The van der Waals surface area contributed by atoms with E-state index in [1.165, 1.54) is 0 Å². The second-order valence-electron chi connectivity index (χ2n) is 3.35. The summed E-state index contributed by atoms with van der Waals surface area (Å²) in [6, 6.07) is 9.63. The molecule has 2 N–H and O–H groups in total. The molecule has 0 saturated heterocycles. The van der Waals surface area contributed by atoms with Crippen molar-refractivity contribution in [2.45, 2.75) is 6.92 Å². The molecule has 0 fully saturated rings. The third-order valence-electron chi connectivity index (χ3n) is 2.26. The fourth-order valence-electron chi connectivity index (χ4n) is 1.49. The highest BCUT2D eigenvalue weighted by atomic mass is 79.9. The van der Waals surface area contributed by atoms with Gasteiger partial charge in [0, 0.05) is 4.47 Å². The summed E-state index contributed by atoms with van der Waals surface area (Å²) in [6.07, 6.45) is 0. The zero-order chi connectivity index (χ0) is 11.7. The van der Waals surface area contributed by atoms with Crippen LogP contribution in [0.4, 0.5) is 5.82 Å². The van der Waals surface area contributed by atoms with Gasteiger partial charge in [0.05, 0.1) is 11.4 Å². The third kappa shape index (κ3) is 1.68. The fraction of sp³-hybridized carbons (Fsp3) is 0.0909. The van der Waals surface area contributed by atoms with Crippen molar-refractivity contribution in [3.05, 3.63) is 40.0 Å². The summed E-state index contributed by atoms with van der Waals surface area (Å²) in [6.45, 7) is 1.77. The molecule has 80 valence electrons. The molecule has 0 amide bonds. The first kappa shape index (κ1) is 10.7. The van der Waals surface area contributed by atoms with Crippen LogP contribution in [0.5, 0.6) is 0 Å². The van der Waals surface area contributed by atoms with Gasteiger partial charge in [-0.1, -0.05) is 22.0 Å². The first-order valence-corrected chi connectivity index (χ1v) is 5.44. The molecule has 16 heavy (non-hydrogen) atoms. The highest BCUT2D eigenvalue weighted by molar-refractivity contribution is 9.10. The van der Waals surface area contributed by atoms with Gasteiger partial charge in [0.25, 0.3) is 0 Å². The molecule has 2 rings (SSSR count). The maximum atomic E-state index is 8.92. The van der Waals surface area contributed by atoms with Crippen molar-refractivity contribution < 1.29 is 0 Å². The lowest BCUT2D eigenvalue weighted by Gasteiger charge is -2.03.